The van der Waals surface area contributed by atoms with Gasteiger partial charge in [0.05, 0.1) is 11.7 Å². The standard InChI is InChI=1S/C28H32ClN5O2.2CH2O2/c29-22-8-4-7-21(17-22)28(19-30)11-9-23(10-12-28)34-27(36)24(26(35)33-15-13-31-14-16-33)18-25(32-34)20-5-2-1-3-6-20;2*2-1-3/h1-8,17-18,23,31H,9-16,19,30H2;2*1H,(H,2,3). The van der Waals surface area contributed by atoms with E-state index in [0.717, 1.165) is 49.9 Å². The monoisotopic (exact) mass is 597 g/mol. The molecule has 5 rings (SSSR count). The Bertz CT molecular complexity index is 1380. The third-order valence-electron chi connectivity index (χ3n) is 7.73. The van der Waals surface area contributed by atoms with Crippen molar-refractivity contribution in [2.75, 3.05) is 32.7 Å². The summed E-state index contributed by atoms with van der Waals surface area (Å²) in [6, 6.07) is 19.2. The smallest absolute Gasteiger partial charge is 0.290 e. The van der Waals surface area contributed by atoms with Gasteiger partial charge in [0.1, 0.15) is 5.56 Å². The normalized spacial score (nSPS) is 19.8. The number of hydrogen-bond donors (Lipinski definition) is 4. The molecule has 1 aliphatic carbocycles. The number of hydrogen-bond acceptors (Lipinski definition) is 7. The molecule has 11 nitrogen and oxygen atoms in total. The molecule has 2 heterocycles. The second kappa shape index (κ2) is 15.8. The highest BCUT2D eigenvalue weighted by Gasteiger charge is 2.37. The molecule has 42 heavy (non-hydrogen) atoms. The fourth-order valence-electron chi connectivity index (χ4n) is 5.53. The molecule has 1 saturated carbocycles. The lowest BCUT2D eigenvalue weighted by Crippen LogP contribution is -2.48. The molecule has 3 aromatic rings. The van der Waals surface area contributed by atoms with E-state index in [1.54, 1.807) is 15.6 Å². The molecule has 0 atom stereocenters. The number of halogens is 1. The molecule has 0 bridgehead atoms. The predicted octanol–water partition coefficient (Wildman–Crippen LogP) is 3.02. The molecular weight excluding hydrogens is 562 g/mol. The number of nitrogens with zero attached hydrogens (tertiary/aromatic N) is 3. The van der Waals surface area contributed by atoms with Crippen molar-refractivity contribution in [2.24, 2.45) is 5.73 Å². The number of rotatable bonds is 5. The van der Waals surface area contributed by atoms with Crippen LogP contribution in [0.3, 0.4) is 0 Å². The van der Waals surface area contributed by atoms with Crippen molar-refractivity contribution in [2.45, 2.75) is 37.1 Å². The molecule has 1 aromatic heterocycles. The Kier molecular flexibility index (Phi) is 12.2. The first-order chi connectivity index (χ1) is 20.3. The van der Waals surface area contributed by atoms with Gasteiger partial charge in [-0.25, -0.2) is 4.68 Å². The van der Waals surface area contributed by atoms with Gasteiger partial charge in [-0.05, 0) is 49.4 Å². The summed E-state index contributed by atoms with van der Waals surface area (Å²) in [4.78, 5) is 45.6. The summed E-state index contributed by atoms with van der Waals surface area (Å²) in [5, 5.41) is 22.5. The summed E-state index contributed by atoms with van der Waals surface area (Å²) in [7, 11) is 0. The largest absolute Gasteiger partial charge is 0.483 e. The average molecular weight is 598 g/mol. The molecule has 0 spiro atoms. The summed E-state index contributed by atoms with van der Waals surface area (Å²) >= 11 is 6.28. The molecule has 12 heteroatoms. The second-order valence-corrected chi connectivity index (χ2v) is 10.5. The van der Waals surface area contributed by atoms with Gasteiger partial charge in [-0.2, -0.15) is 5.10 Å². The third-order valence-corrected chi connectivity index (χ3v) is 7.96. The minimum atomic E-state index is -0.314. The van der Waals surface area contributed by atoms with Gasteiger partial charge in [-0.3, -0.25) is 19.2 Å². The summed E-state index contributed by atoms with van der Waals surface area (Å²) in [5.74, 6) is -0.221. The van der Waals surface area contributed by atoms with E-state index in [0.29, 0.717) is 30.4 Å². The number of carboxylic acid groups (broad SMARTS) is 2. The lowest BCUT2D eigenvalue weighted by Gasteiger charge is -2.40. The van der Waals surface area contributed by atoms with Crippen LogP contribution in [0.25, 0.3) is 11.3 Å². The number of amides is 1. The van der Waals surface area contributed by atoms with Crippen molar-refractivity contribution >= 4 is 30.5 Å². The molecule has 1 aliphatic heterocycles. The number of nitrogens with two attached hydrogens (primary N) is 1. The molecular formula is C30H36ClN5O6. The first-order valence-corrected chi connectivity index (χ1v) is 14.0. The topological polar surface area (TPSA) is 168 Å². The highest BCUT2D eigenvalue weighted by atomic mass is 35.5. The van der Waals surface area contributed by atoms with E-state index in [1.165, 1.54) is 0 Å². The van der Waals surface area contributed by atoms with Gasteiger partial charge in [0.2, 0.25) is 0 Å². The molecule has 0 unspecified atom stereocenters. The molecule has 5 N–H and O–H groups in total. The van der Waals surface area contributed by atoms with E-state index in [9.17, 15) is 9.59 Å². The first-order valence-electron chi connectivity index (χ1n) is 13.6. The van der Waals surface area contributed by atoms with Crippen LogP contribution in [-0.2, 0) is 15.0 Å². The van der Waals surface area contributed by atoms with E-state index in [4.69, 9.17) is 42.2 Å². The van der Waals surface area contributed by atoms with Gasteiger partial charge < -0.3 is 26.2 Å². The number of carbonyl (C=O) groups is 3. The Balaban J connectivity index is 0.000000745. The third kappa shape index (κ3) is 7.81. The summed E-state index contributed by atoms with van der Waals surface area (Å²) < 4.78 is 1.57. The predicted molar refractivity (Wildman–Crippen MR) is 160 cm³/mol. The molecule has 1 amide bonds. The van der Waals surface area contributed by atoms with Crippen LogP contribution in [0.4, 0.5) is 0 Å². The van der Waals surface area contributed by atoms with Crippen molar-refractivity contribution in [1.82, 2.24) is 20.0 Å². The zero-order chi connectivity index (χ0) is 30.5. The fourth-order valence-corrected chi connectivity index (χ4v) is 5.72. The average Bonchev–Trinajstić information content (AvgIpc) is 3.02. The van der Waals surface area contributed by atoms with Crippen LogP contribution in [0.15, 0.2) is 65.5 Å². The highest BCUT2D eigenvalue weighted by Crippen LogP contribution is 2.42. The number of carbonyl (C=O) groups excluding carboxylic acids is 1. The van der Waals surface area contributed by atoms with E-state index >= 15 is 0 Å². The number of benzene rings is 2. The van der Waals surface area contributed by atoms with Gasteiger partial charge in [-0.1, -0.05) is 54.1 Å². The lowest BCUT2D eigenvalue weighted by molar-refractivity contribution is -0.123. The van der Waals surface area contributed by atoms with Crippen LogP contribution in [0.1, 0.15) is 47.6 Å². The lowest BCUT2D eigenvalue weighted by atomic mass is 9.68. The maximum Gasteiger partial charge on any atom is 0.290 e. The minimum absolute atomic E-state index is 0.102. The van der Waals surface area contributed by atoms with Crippen molar-refractivity contribution in [3.63, 3.8) is 0 Å². The second-order valence-electron chi connectivity index (χ2n) is 10.0. The SMILES string of the molecule is NCC1(c2cccc(Cl)c2)CCC(n2nc(-c3ccccc3)cc(C(=O)N3CCNCC3)c2=O)CC1.O=CO.O=CO. The van der Waals surface area contributed by atoms with Gasteiger partial charge in [0.15, 0.2) is 0 Å². The maximum atomic E-state index is 13.7. The van der Waals surface area contributed by atoms with Crippen molar-refractivity contribution in [1.29, 1.82) is 0 Å². The number of aromatic nitrogens is 2. The Hall–Kier alpha value is -4.06. The summed E-state index contributed by atoms with van der Waals surface area (Å²) in [6.07, 6.45) is 3.13. The van der Waals surface area contributed by atoms with Crippen LogP contribution >= 0.6 is 11.6 Å². The van der Waals surface area contributed by atoms with Crippen LogP contribution in [-0.4, -0.2) is 76.5 Å². The molecule has 2 fully saturated rings. The molecule has 2 aliphatic rings. The highest BCUT2D eigenvalue weighted by molar-refractivity contribution is 6.30. The van der Waals surface area contributed by atoms with Crippen molar-refractivity contribution in [3.05, 3.63) is 87.2 Å². The van der Waals surface area contributed by atoms with Crippen LogP contribution in [0.5, 0.6) is 0 Å². The quantitative estimate of drug-likeness (QED) is 0.323. The molecule has 1 saturated heterocycles. The van der Waals surface area contributed by atoms with Gasteiger partial charge in [-0.15, -0.1) is 0 Å². The first kappa shape index (κ1) is 32.5. The molecule has 0 radical (unpaired) electrons. The van der Waals surface area contributed by atoms with Crippen LogP contribution < -0.4 is 16.6 Å². The van der Waals surface area contributed by atoms with Gasteiger partial charge in [0, 0.05) is 48.7 Å². The number of piperazine rings is 1. The van der Waals surface area contributed by atoms with E-state index in [1.807, 2.05) is 48.5 Å². The van der Waals surface area contributed by atoms with Crippen molar-refractivity contribution < 1.29 is 24.6 Å². The summed E-state index contributed by atoms with van der Waals surface area (Å²) in [6.45, 7) is 2.64. The van der Waals surface area contributed by atoms with Crippen LogP contribution in [0, 0.1) is 0 Å². The maximum absolute atomic E-state index is 13.7. The Morgan fingerprint density at radius 3 is 2.21 bits per heavy atom. The Morgan fingerprint density at radius 1 is 1.02 bits per heavy atom. The minimum Gasteiger partial charge on any atom is -0.483 e. The van der Waals surface area contributed by atoms with E-state index < -0.39 is 0 Å². The zero-order valence-electron chi connectivity index (χ0n) is 23.2. The molecule has 224 valence electrons. The Morgan fingerprint density at radius 2 is 1.64 bits per heavy atom. The fraction of sp³-hybridized carbons (Fsp3) is 0.367. The number of nitrogens with one attached hydrogen (secondary N) is 1. The van der Waals surface area contributed by atoms with E-state index in [2.05, 4.69) is 11.4 Å². The zero-order valence-corrected chi connectivity index (χ0v) is 23.9. The van der Waals surface area contributed by atoms with E-state index in [-0.39, 0.29) is 41.4 Å². The van der Waals surface area contributed by atoms with Crippen molar-refractivity contribution in [3.8, 4) is 11.3 Å². The van der Waals surface area contributed by atoms with Gasteiger partial charge >= 0.3 is 0 Å². The van der Waals surface area contributed by atoms with Crippen LogP contribution in [0.2, 0.25) is 5.02 Å². The Labute approximate surface area is 248 Å². The van der Waals surface area contributed by atoms with Gasteiger partial charge in [0.25, 0.3) is 24.4 Å². The molecule has 2 aromatic carbocycles. The summed E-state index contributed by atoms with van der Waals surface area (Å²) in [5.41, 5.74) is 8.66.